The fourth-order valence-electron chi connectivity index (χ4n) is 3.82. The number of esters is 1. The highest BCUT2D eigenvalue weighted by atomic mass is 16.5. The second-order valence-electron chi connectivity index (χ2n) is 7.47. The molecule has 2 aliphatic carbocycles. The van der Waals surface area contributed by atoms with Crippen molar-refractivity contribution in [3.8, 4) is 0 Å². The third kappa shape index (κ3) is 3.89. The quantitative estimate of drug-likeness (QED) is 0.792. The molecule has 0 saturated heterocycles. The molecule has 1 aromatic carbocycles. The number of hydrogen-bond donors (Lipinski definition) is 1. The Bertz CT molecular complexity index is 831. The van der Waals surface area contributed by atoms with Gasteiger partial charge in [-0.15, -0.1) is 0 Å². The summed E-state index contributed by atoms with van der Waals surface area (Å²) in [5.74, 6) is 0.0650. The Balaban J connectivity index is 1.41. The molecule has 27 heavy (non-hydrogen) atoms. The van der Waals surface area contributed by atoms with Crippen LogP contribution in [0.25, 0.3) is 0 Å². The number of carbonyl (C=O) groups is 2. The Morgan fingerprint density at radius 2 is 1.78 bits per heavy atom. The summed E-state index contributed by atoms with van der Waals surface area (Å²) in [5, 5.41) is 7.75. The highest BCUT2D eigenvalue weighted by molar-refractivity contribution is 5.96. The molecular weight excluding hydrogens is 342 g/mol. The lowest BCUT2D eigenvalue weighted by Gasteiger charge is -2.13. The minimum atomic E-state index is -0.410. The van der Waals surface area contributed by atoms with E-state index in [0.717, 1.165) is 5.69 Å². The van der Waals surface area contributed by atoms with E-state index >= 15 is 0 Å². The molecule has 0 radical (unpaired) electrons. The van der Waals surface area contributed by atoms with Gasteiger partial charge in [-0.05, 0) is 56.0 Å². The van der Waals surface area contributed by atoms with E-state index in [1.807, 2.05) is 0 Å². The average molecular weight is 367 g/mol. The highest BCUT2D eigenvalue weighted by Gasteiger charge is 2.31. The first kappa shape index (κ1) is 17.8. The molecule has 2 aromatic rings. The Kier molecular flexibility index (Phi) is 4.97. The van der Waals surface area contributed by atoms with E-state index in [2.05, 4.69) is 20.8 Å². The van der Waals surface area contributed by atoms with Gasteiger partial charge in [-0.25, -0.2) is 4.79 Å². The SMILES string of the molecule is COC(=O)c1ccc(C(=O)NCc2cc(C3CC3)n(C3CCCC3)n2)cc1. The molecule has 6 nitrogen and oxygen atoms in total. The summed E-state index contributed by atoms with van der Waals surface area (Å²) in [4.78, 5) is 23.9. The molecule has 0 atom stereocenters. The number of nitrogens with zero attached hydrogens (tertiary/aromatic N) is 2. The first-order valence-electron chi connectivity index (χ1n) is 9.70. The number of hydrogen-bond acceptors (Lipinski definition) is 4. The van der Waals surface area contributed by atoms with Crippen LogP contribution in [0.1, 0.15) is 82.6 Å². The minimum absolute atomic E-state index is 0.171. The average Bonchev–Trinajstić information content (AvgIpc) is 3.23. The Hall–Kier alpha value is -2.63. The van der Waals surface area contributed by atoms with Gasteiger partial charge in [-0.2, -0.15) is 5.10 Å². The van der Waals surface area contributed by atoms with Gasteiger partial charge in [0.05, 0.1) is 31.0 Å². The molecule has 1 heterocycles. The zero-order valence-corrected chi connectivity index (χ0v) is 15.6. The van der Waals surface area contributed by atoms with Gasteiger partial charge in [0, 0.05) is 17.2 Å². The Morgan fingerprint density at radius 3 is 2.41 bits per heavy atom. The number of aromatic nitrogens is 2. The normalized spacial score (nSPS) is 17.1. The smallest absolute Gasteiger partial charge is 0.337 e. The van der Waals surface area contributed by atoms with Crippen molar-refractivity contribution < 1.29 is 14.3 Å². The third-order valence-corrected chi connectivity index (χ3v) is 5.48. The zero-order valence-electron chi connectivity index (χ0n) is 15.6. The second kappa shape index (κ2) is 7.55. The van der Waals surface area contributed by atoms with Crippen LogP contribution >= 0.6 is 0 Å². The molecule has 0 unspecified atom stereocenters. The maximum Gasteiger partial charge on any atom is 0.337 e. The van der Waals surface area contributed by atoms with Gasteiger partial charge in [-0.1, -0.05) is 12.8 Å². The molecule has 1 amide bonds. The van der Waals surface area contributed by atoms with Crippen LogP contribution in [0.5, 0.6) is 0 Å². The number of benzene rings is 1. The van der Waals surface area contributed by atoms with Crippen molar-refractivity contribution in [2.45, 2.75) is 57.0 Å². The van der Waals surface area contributed by atoms with Crippen LogP contribution in [0.2, 0.25) is 0 Å². The van der Waals surface area contributed by atoms with Gasteiger partial charge in [0.2, 0.25) is 0 Å². The van der Waals surface area contributed by atoms with Crippen molar-refractivity contribution in [1.29, 1.82) is 0 Å². The first-order valence-corrected chi connectivity index (χ1v) is 9.70. The fraction of sp³-hybridized carbons (Fsp3) is 0.476. The molecule has 6 heteroatoms. The third-order valence-electron chi connectivity index (χ3n) is 5.48. The van der Waals surface area contributed by atoms with Gasteiger partial charge in [0.25, 0.3) is 5.91 Å². The van der Waals surface area contributed by atoms with Crippen LogP contribution in [-0.4, -0.2) is 28.8 Å². The zero-order chi connectivity index (χ0) is 18.8. The predicted octanol–water partition coefficient (Wildman–Crippen LogP) is 3.59. The van der Waals surface area contributed by atoms with E-state index in [4.69, 9.17) is 5.10 Å². The maximum atomic E-state index is 12.4. The summed E-state index contributed by atoms with van der Waals surface area (Å²) in [6.07, 6.45) is 7.47. The number of methoxy groups -OCH3 is 1. The van der Waals surface area contributed by atoms with Crippen molar-refractivity contribution >= 4 is 11.9 Å². The molecule has 0 spiro atoms. The van der Waals surface area contributed by atoms with E-state index in [1.54, 1.807) is 24.3 Å². The molecule has 1 aromatic heterocycles. The number of rotatable bonds is 6. The van der Waals surface area contributed by atoms with Gasteiger partial charge in [0.15, 0.2) is 0 Å². The van der Waals surface area contributed by atoms with Crippen molar-refractivity contribution in [1.82, 2.24) is 15.1 Å². The summed E-state index contributed by atoms with van der Waals surface area (Å²) < 4.78 is 6.91. The molecule has 2 saturated carbocycles. The lowest BCUT2D eigenvalue weighted by molar-refractivity contribution is 0.0600. The monoisotopic (exact) mass is 367 g/mol. The van der Waals surface area contributed by atoms with Crippen molar-refractivity contribution in [2.24, 2.45) is 0 Å². The summed E-state index contributed by atoms with van der Waals surface area (Å²) >= 11 is 0. The highest BCUT2D eigenvalue weighted by Crippen LogP contribution is 2.43. The molecule has 142 valence electrons. The largest absolute Gasteiger partial charge is 0.465 e. The predicted molar refractivity (Wildman–Crippen MR) is 101 cm³/mol. The first-order chi connectivity index (χ1) is 13.2. The molecular formula is C21H25N3O3. The minimum Gasteiger partial charge on any atom is -0.465 e. The summed E-state index contributed by atoms with van der Waals surface area (Å²) in [7, 11) is 1.34. The van der Waals surface area contributed by atoms with Crippen molar-refractivity contribution in [3.05, 3.63) is 52.8 Å². The van der Waals surface area contributed by atoms with Crippen LogP contribution in [0, 0.1) is 0 Å². The van der Waals surface area contributed by atoms with Crippen molar-refractivity contribution in [3.63, 3.8) is 0 Å². The summed E-state index contributed by atoms with van der Waals surface area (Å²) in [6, 6.07) is 9.15. The standard InChI is InChI=1S/C21H25N3O3/c1-27-21(26)16-10-8-15(9-11-16)20(25)22-13-17-12-19(14-6-7-14)24(23-17)18-4-2-3-5-18/h8-12,14,18H,2-7,13H2,1H3,(H,22,25). The molecule has 0 bridgehead atoms. The Labute approximate surface area is 158 Å². The van der Waals surface area contributed by atoms with Crippen molar-refractivity contribution in [2.75, 3.05) is 7.11 Å². The molecule has 2 aliphatic rings. The van der Waals surface area contributed by atoms with E-state index in [0.29, 0.717) is 29.6 Å². The number of carbonyl (C=O) groups excluding carboxylic acids is 2. The molecule has 4 rings (SSSR count). The van der Waals surface area contributed by atoms with Crippen LogP contribution in [0.15, 0.2) is 30.3 Å². The van der Waals surface area contributed by atoms with E-state index in [9.17, 15) is 9.59 Å². The van der Waals surface area contributed by atoms with E-state index < -0.39 is 5.97 Å². The number of nitrogens with one attached hydrogen (secondary N) is 1. The molecule has 2 fully saturated rings. The summed E-state index contributed by atoms with van der Waals surface area (Å²) in [5.41, 5.74) is 3.20. The van der Waals surface area contributed by atoms with E-state index in [1.165, 1.54) is 51.3 Å². The molecule has 0 aliphatic heterocycles. The maximum absolute atomic E-state index is 12.4. The van der Waals surface area contributed by atoms with Crippen LogP contribution in [-0.2, 0) is 11.3 Å². The number of ether oxygens (including phenoxy) is 1. The fourth-order valence-corrected chi connectivity index (χ4v) is 3.82. The number of amides is 1. The van der Waals surface area contributed by atoms with Gasteiger partial charge >= 0.3 is 5.97 Å². The van der Waals surface area contributed by atoms with Gasteiger partial charge in [-0.3, -0.25) is 9.48 Å². The molecule has 1 N–H and O–H groups in total. The topological polar surface area (TPSA) is 73.2 Å². The van der Waals surface area contributed by atoms with E-state index in [-0.39, 0.29) is 5.91 Å². The van der Waals surface area contributed by atoms with Crippen LogP contribution in [0.3, 0.4) is 0 Å². The second-order valence-corrected chi connectivity index (χ2v) is 7.47. The lowest BCUT2D eigenvalue weighted by atomic mass is 10.1. The van der Waals surface area contributed by atoms with Crippen LogP contribution < -0.4 is 5.32 Å². The van der Waals surface area contributed by atoms with Gasteiger partial charge in [0.1, 0.15) is 0 Å². The van der Waals surface area contributed by atoms with Gasteiger partial charge < -0.3 is 10.1 Å². The summed E-state index contributed by atoms with van der Waals surface area (Å²) in [6.45, 7) is 0.414. The lowest BCUT2D eigenvalue weighted by Crippen LogP contribution is -2.23. The van der Waals surface area contributed by atoms with Crippen LogP contribution in [0.4, 0.5) is 0 Å². The Morgan fingerprint density at radius 1 is 1.11 bits per heavy atom.